The van der Waals surface area contributed by atoms with Crippen LogP contribution in [0.15, 0.2) is 18.2 Å². The van der Waals surface area contributed by atoms with Crippen LogP contribution in [0.25, 0.3) is 0 Å². The number of urea groups is 2. The molecule has 2 fully saturated rings. The zero-order valence-corrected chi connectivity index (χ0v) is 15.5. The Balaban J connectivity index is 1.35. The van der Waals surface area contributed by atoms with Gasteiger partial charge >= 0.3 is 12.1 Å². The predicted molar refractivity (Wildman–Crippen MR) is 100 cm³/mol. The second kappa shape index (κ2) is 7.17. The molecule has 2 aliphatic heterocycles. The number of benzene rings is 1. The maximum absolute atomic E-state index is 12.8. The number of carbonyl (C=O) groups is 2. The molecular weight excluding hydrogens is 328 g/mol. The number of likely N-dealkylation sites (tertiary alicyclic amines) is 1. The van der Waals surface area contributed by atoms with Gasteiger partial charge in [-0.05, 0) is 55.7 Å². The summed E-state index contributed by atoms with van der Waals surface area (Å²) >= 11 is 0. The minimum Gasteiger partial charge on any atom is -0.336 e. The normalized spacial score (nSPS) is 23.6. The first kappa shape index (κ1) is 17.2. The summed E-state index contributed by atoms with van der Waals surface area (Å²) in [6.45, 7) is 5.11. The van der Waals surface area contributed by atoms with Crippen LogP contribution >= 0.6 is 0 Å². The van der Waals surface area contributed by atoms with Gasteiger partial charge in [0.05, 0.1) is 6.04 Å². The lowest BCUT2D eigenvalue weighted by molar-refractivity contribution is 0.139. The van der Waals surface area contributed by atoms with Crippen LogP contribution in [0, 0.1) is 6.92 Å². The van der Waals surface area contributed by atoms with Crippen LogP contribution in [0.1, 0.15) is 48.4 Å². The summed E-state index contributed by atoms with van der Waals surface area (Å²) in [5.74, 6) is 0. The molecule has 0 aromatic heterocycles. The summed E-state index contributed by atoms with van der Waals surface area (Å²) in [6.07, 6.45) is 4.96. The van der Waals surface area contributed by atoms with Gasteiger partial charge in [-0.1, -0.05) is 18.2 Å². The van der Waals surface area contributed by atoms with E-state index >= 15 is 0 Å². The predicted octanol–water partition coefficient (Wildman–Crippen LogP) is 2.57. The standard InChI is InChI=1S/C20H28N4O2/c1-14-4-2-6-17-16(14)5-3-7-18(17)22-20(26)23-11-8-15(9-12-23)24-13-10-21-19(24)25/h2,4,6,15,18H,3,5,7-13H2,1H3,(H,21,25)(H,22,26). The van der Waals surface area contributed by atoms with E-state index in [4.69, 9.17) is 0 Å². The molecule has 6 heteroatoms. The first-order valence-electron chi connectivity index (χ1n) is 9.82. The zero-order chi connectivity index (χ0) is 18.1. The average molecular weight is 356 g/mol. The van der Waals surface area contributed by atoms with Gasteiger partial charge in [0, 0.05) is 32.2 Å². The number of hydrogen-bond acceptors (Lipinski definition) is 2. The molecular formula is C20H28N4O2. The van der Waals surface area contributed by atoms with Gasteiger partial charge in [-0.3, -0.25) is 0 Å². The number of rotatable bonds is 2. The van der Waals surface area contributed by atoms with E-state index in [-0.39, 0.29) is 24.1 Å². The largest absolute Gasteiger partial charge is 0.336 e. The van der Waals surface area contributed by atoms with Gasteiger partial charge < -0.3 is 20.4 Å². The molecule has 1 aromatic carbocycles. The van der Waals surface area contributed by atoms with E-state index in [1.807, 2.05) is 9.80 Å². The van der Waals surface area contributed by atoms with Gasteiger partial charge in [0.1, 0.15) is 0 Å². The van der Waals surface area contributed by atoms with Crippen molar-refractivity contribution in [3.8, 4) is 0 Å². The van der Waals surface area contributed by atoms with Gasteiger partial charge in [-0.15, -0.1) is 0 Å². The first-order chi connectivity index (χ1) is 12.6. The monoisotopic (exact) mass is 356 g/mol. The molecule has 1 aliphatic carbocycles. The molecule has 1 atom stereocenters. The number of hydrogen-bond donors (Lipinski definition) is 2. The van der Waals surface area contributed by atoms with Crippen molar-refractivity contribution in [2.45, 2.75) is 51.1 Å². The van der Waals surface area contributed by atoms with Crippen molar-refractivity contribution in [2.75, 3.05) is 26.2 Å². The van der Waals surface area contributed by atoms with Crippen LogP contribution in [0.5, 0.6) is 0 Å². The Labute approximate surface area is 154 Å². The summed E-state index contributed by atoms with van der Waals surface area (Å²) in [6, 6.07) is 6.86. The van der Waals surface area contributed by atoms with Gasteiger partial charge in [0.2, 0.25) is 0 Å². The molecule has 0 bridgehead atoms. The third-order valence-electron chi connectivity index (χ3n) is 6.12. The lowest BCUT2D eigenvalue weighted by Gasteiger charge is -2.37. The second-order valence-corrected chi connectivity index (χ2v) is 7.68. The van der Waals surface area contributed by atoms with Crippen LogP contribution < -0.4 is 10.6 Å². The van der Waals surface area contributed by atoms with E-state index in [9.17, 15) is 9.59 Å². The summed E-state index contributed by atoms with van der Waals surface area (Å²) in [4.78, 5) is 28.4. The maximum atomic E-state index is 12.8. The highest BCUT2D eigenvalue weighted by Gasteiger charge is 2.32. The van der Waals surface area contributed by atoms with Crippen molar-refractivity contribution in [3.05, 3.63) is 34.9 Å². The molecule has 4 amide bonds. The van der Waals surface area contributed by atoms with Crippen molar-refractivity contribution in [3.63, 3.8) is 0 Å². The van der Waals surface area contributed by atoms with Gasteiger partial charge in [-0.25, -0.2) is 9.59 Å². The number of nitrogens with one attached hydrogen (secondary N) is 2. The lowest BCUT2D eigenvalue weighted by atomic mass is 9.85. The highest BCUT2D eigenvalue weighted by Crippen LogP contribution is 2.32. The van der Waals surface area contributed by atoms with Gasteiger partial charge in [0.15, 0.2) is 0 Å². The van der Waals surface area contributed by atoms with E-state index in [1.54, 1.807) is 0 Å². The summed E-state index contributed by atoms with van der Waals surface area (Å²) in [7, 11) is 0. The van der Waals surface area contributed by atoms with Crippen LogP contribution in [-0.4, -0.2) is 54.1 Å². The van der Waals surface area contributed by atoms with E-state index in [2.05, 4.69) is 35.8 Å². The van der Waals surface area contributed by atoms with Crippen molar-refractivity contribution in [2.24, 2.45) is 0 Å². The molecule has 0 radical (unpaired) electrons. The molecule has 4 rings (SSSR count). The third-order valence-corrected chi connectivity index (χ3v) is 6.12. The molecule has 2 N–H and O–H groups in total. The van der Waals surface area contributed by atoms with E-state index in [0.29, 0.717) is 13.1 Å². The Morgan fingerprint density at radius 1 is 1.19 bits per heavy atom. The Morgan fingerprint density at radius 2 is 2.00 bits per heavy atom. The van der Waals surface area contributed by atoms with Crippen LogP contribution in [0.3, 0.4) is 0 Å². The topological polar surface area (TPSA) is 64.7 Å². The Kier molecular flexibility index (Phi) is 4.74. The molecule has 26 heavy (non-hydrogen) atoms. The number of carbonyl (C=O) groups excluding carboxylic acids is 2. The molecule has 2 heterocycles. The Hall–Kier alpha value is -2.24. The van der Waals surface area contributed by atoms with E-state index in [1.165, 1.54) is 16.7 Å². The van der Waals surface area contributed by atoms with Gasteiger partial charge in [-0.2, -0.15) is 0 Å². The zero-order valence-electron chi connectivity index (χ0n) is 15.5. The fraction of sp³-hybridized carbons (Fsp3) is 0.600. The molecule has 2 saturated heterocycles. The fourth-order valence-electron chi connectivity index (χ4n) is 4.64. The van der Waals surface area contributed by atoms with E-state index in [0.717, 1.165) is 45.2 Å². The highest BCUT2D eigenvalue weighted by atomic mass is 16.2. The van der Waals surface area contributed by atoms with Crippen molar-refractivity contribution >= 4 is 12.1 Å². The molecule has 1 aromatic rings. The van der Waals surface area contributed by atoms with Gasteiger partial charge in [0.25, 0.3) is 0 Å². The van der Waals surface area contributed by atoms with Crippen LogP contribution in [0.4, 0.5) is 9.59 Å². The number of amides is 4. The summed E-state index contributed by atoms with van der Waals surface area (Å²) in [5.41, 5.74) is 4.02. The Bertz CT molecular complexity index is 697. The Morgan fingerprint density at radius 3 is 2.73 bits per heavy atom. The average Bonchev–Trinajstić information content (AvgIpc) is 3.09. The number of nitrogens with zero attached hydrogens (tertiary/aromatic N) is 2. The molecule has 0 saturated carbocycles. The highest BCUT2D eigenvalue weighted by molar-refractivity contribution is 5.77. The summed E-state index contributed by atoms with van der Waals surface area (Å²) in [5, 5.41) is 6.12. The quantitative estimate of drug-likeness (QED) is 0.855. The van der Waals surface area contributed by atoms with Crippen LogP contribution in [0.2, 0.25) is 0 Å². The number of fused-ring (bicyclic) bond motifs is 1. The maximum Gasteiger partial charge on any atom is 0.317 e. The summed E-state index contributed by atoms with van der Waals surface area (Å²) < 4.78 is 0. The van der Waals surface area contributed by atoms with Crippen molar-refractivity contribution in [1.82, 2.24) is 20.4 Å². The van der Waals surface area contributed by atoms with Crippen molar-refractivity contribution in [1.29, 1.82) is 0 Å². The first-order valence-corrected chi connectivity index (χ1v) is 9.82. The molecule has 140 valence electrons. The molecule has 6 nitrogen and oxygen atoms in total. The third kappa shape index (κ3) is 3.24. The minimum atomic E-state index is 0.0358. The second-order valence-electron chi connectivity index (χ2n) is 7.68. The lowest BCUT2D eigenvalue weighted by Crippen LogP contribution is -2.50. The molecule has 1 unspecified atom stereocenters. The number of piperidine rings is 1. The van der Waals surface area contributed by atoms with E-state index < -0.39 is 0 Å². The SMILES string of the molecule is Cc1cccc2c1CCCC2NC(=O)N1CCC(N2CCNC2=O)CC1. The van der Waals surface area contributed by atoms with Crippen LogP contribution in [-0.2, 0) is 6.42 Å². The fourth-order valence-corrected chi connectivity index (χ4v) is 4.64. The minimum absolute atomic E-state index is 0.0358. The van der Waals surface area contributed by atoms with Crippen molar-refractivity contribution < 1.29 is 9.59 Å². The molecule has 3 aliphatic rings. The smallest absolute Gasteiger partial charge is 0.317 e. The molecule has 0 spiro atoms. The number of aryl methyl sites for hydroxylation is 1.